The molecule has 3 amide bonds. The number of carbonyl (C=O) groups is 2. The van der Waals surface area contributed by atoms with Crippen molar-refractivity contribution in [1.82, 2.24) is 16.2 Å². The second-order valence-electron chi connectivity index (χ2n) is 3.70. The summed E-state index contributed by atoms with van der Waals surface area (Å²) in [4.78, 5) is 22.9. The van der Waals surface area contributed by atoms with Crippen molar-refractivity contribution in [3.05, 3.63) is 34.3 Å². The molecule has 1 rings (SSSR count). The van der Waals surface area contributed by atoms with E-state index in [9.17, 15) is 9.59 Å². The lowest BCUT2D eigenvalue weighted by Crippen LogP contribution is -2.47. The first-order chi connectivity index (χ1) is 8.63. The van der Waals surface area contributed by atoms with Crippen molar-refractivity contribution in [3.8, 4) is 0 Å². The molecule has 5 nitrogen and oxygen atoms in total. The number of unbranched alkanes of at least 4 members (excludes halogenated alkanes) is 1. The maximum absolute atomic E-state index is 11.6. The van der Waals surface area contributed by atoms with Gasteiger partial charge in [0.05, 0.1) is 0 Å². The van der Waals surface area contributed by atoms with Gasteiger partial charge in [0, 0.05) is 16.6 Å². The predicted molar refractivity (Wildman–Crippen MR) is 73.1 cm³/mol. The van der Waals surface area contributed by atoms with Gasteiger partial charge in [-0.25, -0.2) is 10.2 Å². The second kappa shape index (κ2) is 7.71. The number of benzene rings is 1. The van der Waals surface area contributed by atoms with Gasteiger partial charge >= 0.3 is 6.03 Å². The predicted octanol–water partition coefficient (Wildman–Crippen LogP) is 2.19. The highest BCUT2D eigenvalue weighted by Crippen LogP contribution is 2.09. The largest absolute Gasteiger partial charge is 0.337 e. The zero-order valence-corrected chi connectivity index (χ0v) is 11.7. The molecule has 0 saturated carbocycles. The molecule has 0 aromatic heterocycles. The third-order valence-corrected chi connectivity index (χ3v) is 2.74. The van der Waals surface area contributed by atoms with Crippen molar-refractivity contribution < 1.29 is 9.59 Å². The average molecular weight is 314 g/mol. The van der Waals surface area contributed by atoms with Crippen LogP contribution in [-0.4, -0.2) is 18.5 Å². The van der Waals surface area contributed by atoms with Crippen molar-refractivity contribution >= 4 is 27.9 Å². The van der Waals surface area contributed by atoms with E-state index < -0.39 is 6.03 Å². The second-order valence-corrected chi connectivity index (χ2v) is 4.61. The average Bonchev–Trinajstić information content (AvgIpc) is 2.37. The van der Waals surface area contributed by atoms with E-state index >= 15 is 0 Å². The number of nitrogens with one attached hydrogen (secondary N) is 3. The first kappa shape index (κ1) is 14.5. The Bertz CT molecular complexity index is 406. The van der Waals surface area contributed by atoms with Crippen LogP contribution in [0.3, 0.4) is 0 Å². The van der Waals surface area contributed by atoms with Crippen LogP contribution in [0, 0.1) is 0 Å². The Morgan fingerprint density at radius 3 is 2.44 bits per heavy atom. The summed E-state index contributed by atoms with van der Waals surface area (Å²) >= 11 is 3.28. The molecule has 1 aromatic carbocycles. The molecule has 0 atom stereocenters. The van der Waals surface area contributed by atoms with Crippen LogP contribution in [0.25, 0.3) is 0 Å². The van der Waals surface area contributed by atoms with E-state index in [-0.39, 0.29) is 5.91 Å². The fourth-order valence-electron chi connectivity index (χ4n) is 1.21. The molecule has 3 N–H and O–H groups in total. The maximum Gasteiger partial charge on any atom is 0.333 e. The molecule has 0 bridgehead atoms. The van der Waals surface area contributed by atoms with Crippen molar-refractivity contribution in [2.24, 2.45) is 0 Å². The molecule has 1 aromatic rings. The molecule has 18 heavy (non-hydrogen) atoms. The van der Waals surface area contributed by atoms with Crippen LogP contribution < -0.4 is 16.2 Å². The smallest absolute Gasteiger partial charge is 0.333 e. The van der Waals surface area contributed by atoms with Gasteiger partial charge in [-0.1, -0.05) is 29.3 Å². The van der Waals surface area contributed by atoms with Gasteiger partial charge < -0.3 is 5.32 Å². The lowest BCUT2D eigenvalue weighted by Gasteiger charge is -2.08. The zero-order valence-electron chi connectivity index (χ0n) is 10.1. The van der Waals surface area contributed by atoms with E-state index in [0.29, 0.717) is 12.1 Å². The Morgan fingerprint density at radius 1 is 1.17 bits per heavy atom. The number of rotatable bonds is 4. The topological polar surface area (TPSA) is 70.2 Å². The van der Waals surface area contributed by atoms with Gasteiger partial charge in [0.15, 0.2) is 0 Å². The van der Waals surface area contributed by atoms with Crippen LogP contribution in [0.2, 0.25) is 0 Å². The number of amides is 3. The molecule has 0 unspecified atom stereocenters. The van der Waals surface area contributed by atoms with Crippen LogP contribution in [0.4, 0.5) is 4.79 Å². The van der Waals surface area contributed by atoms with Gasteiger partial charge in [0.2, 0.25) is 0 Å². The number of hydrazine groups is 1. The standard InChI is InChI=1S/C12H16BrN3O2/c1-2-3-8-14-12(18)16-15-11(17)9-4-6-10(13)7-5-9/h4-7H,2-3,8H2,1H3,(H,15,17)(H2,14,16,18). The summed E-state index contributed by atoms with van der Waals surface area (Å²) in [5, 5.41) is 2.63. The molecule has 0 heterocycles. The first-order valence-corrected chi connectivity index (χ1v) is 6.52. The minimum atomic E-state index is -0.408. The number of hydrogen-bond donors (Lipinski definition) is 3. The van der Waals surface area contributed by atoms with Crippen molar-refractivity contribution in [2.75, 3.05) is 6.54 Å². The summed E-state index contributed by atoms with van der Waals surface area (Å²) in [5.74, 6) is -0.354. The monoisotopic (exact) mass is 313 g/mol. The molecular weight excluding hydrogens is 298 g/mol. The molecule has 0 aliphatic rings. The zero-order chi connectivity index (χ0) is 13.4. The quantitative estimate of drug-likeness (QED) is 0.589. The summed E-state index contributed by atoms with van der Waals surface area (Å²) in [7, 11) is 0. The third-order valence-electron chi connectivity index (χ3n) is 2.21. The Balaban J connectivity index is 2.32. The first-order valence-electron chi connectivity index (χ1n) is 5.73. The molecule has 0 fully saturated rings. The fourth-order valence-corrected chi connectivity index (χ4v) is 1.47. The van der Waals surface area contributed by atoms with Crippen molar-refractivity contribution in [3.63, 3.8) is 0 Å². The number of halogens is 1. The molecule has 0 aliphatic heterocycles. The van der Waals surface area contributed by atoms with Crippen LogP contribution in [0.1, 0.15) is 30.1 Å². The lowest BCUT2D eigenvalue weighted by molar-refractivity contribution is 0.0936. The van der Waals surface area contributed by atoms with Crippen molar-refractivity contribution in [1.29, 1.82) is 0 Å². The Kier molecular flexibility index (Phi) is 6.21. The van der Waals surface area contributed by atoms with E-state index in [0.717, 1.165) is 17.3 Å². The van der Waals surface area contributed by atoms with Crippen LogP contribution in [0.5, 0.6) is 0 Å². The van der Waals surface area contributed by atoms with Gasteiger partial charge in [-0.15, -0.1) is 0 Å². The molecule has 0 radical (unpaired) electrons. The molecule has 6 heteroatoms. The van der Waals surface area contributed by atoms with Gasteiger partial charge in [0.1, 0.15) is 0 Å². The molecule has 98 valence electrons. The number of hydrogen-bond acceptors (Lipinski definition) is 2. The SMILES string of the molecule is CCCCNC(=O)NNC(=O)c1ccc(Br)cc1. The van der Waals surface area contributed by atoms with E-state index in [1.165, 1.54) is 0 Å². The molecule has 0 aliphatic carbocycles. The number of urea groups is 1. The summed E-state index contributed by atoms with van der Waals surface area (Å²) in [6.07, 6.45) is 1.92. The van der Waals surface area contributed by atoms with Crippen LogP contribution >= 0.6 is 15.9 Å². The van der Waals surface area contributed by atoms with Crippen LogP contribution in [0.15, 0.2) is 28.7 Å². The molecule has 0 saturated heterocycles. The fraction of sp³-hybridized carbons (Fsp3) is 0.333. The highest BCUT2D eigenvalue weighted by atomic mass is 79.9. The van der Waals surface area contributed by atoms with E-state index in [1.807, 2.05) is 6.92 Å². The van der Waals surface area contributed by atoms with Gasteiger partial charge in [-0.3, -0.25) is 10.2 Å². The summed E-state index contributed by atoms with van der Waals surface area (Å²) < 4.78 is 0.893. The Labute approximate surface area is 114 Å². The Morgan fingerprint density at radius 2 is 1.83 bits per heavy atom. The normalized spacial score (nSPS) is 9.67. The minimum Gasteiger partial charge on any atom is -0.337 e. The van der Waals surface area contributed by atoms with Gasteiger partial charge in [-0.05, 0) is 30.7 Å². The number of carbonyl (C=O) groups excluding carboxylic acids is 2. The van der Waals surface area contributed by atoms with E-state index in [1.54, 1.807) is 24.3 Å². The summed E-state index contributed by atoms with van der Waals surface area (Å²) in [6, 6.07) is 6.44. The maximum atomic E-state index is 11.6. The molecule has 0 spiro atoms. The van der Waals surface area contributed by atoms with Crippen LogP contribution in [-0.2, 0) is 0 Å². The molecular formula is C12H16BrN3O2. The lowest BCUT2D eigenvalue weighted by atomic mass is 10.2. The van der Waals surface area contributed by atoms with E-state index in [2.05, 4.69) is 32.1 Å². The highest BCUT2D eigenvalue weighted by Gasteiger charge is 2.06. The van der Waals surface area contributed by atoms with Crippen molar-refractivity contribution in [2.45, 2.75) is 19.8 Å². The summed E-state index contributed by atoms with van der Waals surface area (Å²) in [5.41, 5.74) is 5.10. The minimum absolute atomic E-state index is 0.354. The Hall–Kier alpha value is -1.56. The highest BCUT2D eigenvalue weighted by molar-refractivity contribution is 9.10. The van der Waals surface area contributed by atoms with Gasteiger partial charge in [-0.2, -0.15) is 0 Å². The van der Waals surface area contributed by atoms with Gasteiger partial charge in [0.25, 0.3) is 5.91 Å². The summed E-state index contributed by atoms with van der Waals surface area (Å²) in [6.45, 7) is 2.63. The third kappa shape index (κ3) is 5.18. The van der Waals surface area contributed by atoms with E-state index in [4.69, 9.17) is 0 Å².